The maximum atomic E-state index is 12.5. The molecule has 1 heterocycles. The topological polar surface area (TPSA) is 37.8 Å². The van der Waals surface area contributed by atoms with Gasteiger partial charge in [-0.1, -0.05) is 43.7 Å². The van der Waals surface area contributed by atoms with E-state index in [1.165, 1.54) is 38.2 Å². The van der Waals surface area contributed by atoms with Crippen molar-refractivity contribution in [2.45, 2.75) is 44.7 Å². The van der Waals surface area contributed by atoms with Gasteiger partial charge in [0.25, 0.3) is 0 Å². The normalized spacial score (nSPS) is 17.2. The number of hydrogen-bond acceptors (Lipinski definition) is 3. The number of alkyl halides is 3. The van der Waals surface area contributed by atoms with Crippen molar-refractivity contribution in [2.75, 3.05) is 11.9 Å². The maximum absolute atomic E-state index is 12.5. The highest BCUT2D eigenvalue weighted by atomic mass is 35.5. The van der Waals surface area contributed by atoms with Gasteiger partial charge in [-0.05, 0) is 12.3 Å². The summed E-state index contributed by atoms with van der Waals surface area (Å²) in [7, 11) is 0. The molecule has 1 saturated carbocycles. The second-order valence-electron chi connectivity index (χ2n) is 5.12. The summed E-state index contributed by atoms with van der Waals surface area (Å²) in [6.45, 7) is 0.606. The van der Waals surface area contributed by atoms with Crippen LogP contribution in [0.2, 0.25) is 5.15 Å². The Hall–Kier alpha value is -1.04. The van der Waals surface area contributed by atoms with Gasteiger partial charge >= 0.3 is 6.18 Å². The second-order valence-corrected chi connectivity index (χ2v) is 5.50. The first kappa shape index (κ1) is 15.4. The minimum Gasteiger partial charge on any atom is -0.370 e. The molecule has 112 valence electrons. The number of anilines is 1. The van der Waals surface area contributed by atoms with Gasteiger partial charge in [-0.2, -0.15) is 13.2 Å². The Morgan fingerprint density at radius 2 is 1.90 bits per heavy atom. The highest BCUT2D eigenvalue weighted by Crippen LogP contribution is 2.29. The van der Waals surface area contributed by atoms with Crippen molar-refractivity contribution in [3.63, 3.8) is 0 Å². The zero-order valence-corrected chi connectivity index (χ0v) is 11.8. The quantitative estimate of drug-likeness (QED) is 0.830. The van der Waals surface area contributed by atoms with Crippen molar-refractivity contribution < 1.29 is 13.2 Å². The molecule has 0 bridgehead atoms. The van der Waals surface area contributed by atoms with E-state index in [4.69, 9.17) is 11.6 Å². The predicted octanol–water partition coefficient (Wildman–Crippen LogP) is 4.53. The molecule has 3 nitrogen and oxygen atoms in total. The van der Waals surface area contributed by atoms with Gasteiger partial charge in [-0.3, -0.25) is 0 Å². The van der Waals surface area contributed by atoms with E-state index < -0.39 is 12.0 Å². The van der Waals surface area contributed by atoms with Crippen LogP contribution in [-0.4, -0.2) is 16.5 Å². The van der Waals surface area contributed by atoms with Crippen molar-refractivity contribution in [3.05, 3.63) is 17.0 Å². The van der Waals surface area contributed by atoms with Gasteiger partial charge < -0.3 is 5.32 Å². The van der Waals surface area contributed by atoms with Crippen LogP contribution >= 0.6 is 11.6 Å². The van der Waals surface area contributed by atoms with Crippen molar-refractivity contribution in [1.29, 1.82) is 0 Å². The van der Waals surface area contributed by atoms with E-state index >= 15 is 0 Å². The van der Waals surface area contributed by atoms with Gasteiger partial charge in [0.2, 0.25) is 5.82 Å². The summed E-state index contributed by atoms with van der Waals surface area (Å²) in [6.07, 6.45) is 2.58. The lowest BCUT2D eigenvalue weighted by Gasteiger charge is -2.21. The van der Waals surface area contributed by atoms with Gasteiger partial charge in [-0.15, -0.1) is 0 Å². The Morgan fingerprint density at radius 1 is 1.20 bits per heavy atom. The number of rotatable bonds is 4. The summed E-state index contributed by atoms with van der Waals surface area (Å²) in [6, 6.07) is 1.32. The number of nitrogens with zero attached hydrogens (tertiary/aromatic N) is 2. The fourth-order valence-electron chi connectivity index (χ4n) is 2.52. The van der Waals surface area contributed by atoms with E-state index in [1.807, 2.05) is 0 Å². The van der Waals surface area contributed by atoms with E-state index in [0.717, 1.165) is 6.42 Å². The number of nitrogens with one attached hydrogen (secondary N) is 1. The molecule has 0 radical (unpaired) electrons. The summed E-state index contributed by atoms with van der Waals surface area (Å²) in [5.41, 5.74) is 0. The van der Waals surface area contributed by atoms with Gasteiger partial charge in [-0.25, -0.2) is 9.97 Å². The lowest BCUT2D eigenvalue weighted by molar-refractivity contribution is -0.144. The molecule has 1 aliphatic rings. The summed E-state index contributed by atoms with van der Waals surface area (Å²) in [5.74, 6) is -0.408. The highest BCUT2D eigenvalue weighted by Gasteiger charge is 2.35. The predicted molar refractivity (Wildman–Crippen MR) is 71.7 cm³/mol. The first-order valence-electron chi connectivity index (χ1n) is 6.81. The largest absolute Gasteiger partial charge is 0.451 e. The van der Waals surface area contributed by atoms with Crippen molar-refractivity contribution in [3.8, 4) is 0 Å². The third kappa shape index (κ3) is 4.51. The summed E-state index contributed by atoms with van der Waals surface area (Å²) < 4.78 is 37.6. The summed E-state index contributed by atoms with van der Waals surface area (Å²) in [5, 5.41) is 2.71. The van der Waals surface area contributed by atoms with Crippen LogP contribution in [0.5, 0.6) is 0 Å². The third-order valence-corrected chi connectivity index (χ3v) is 3.73. The van der Waals surface area contributed by atoms with Crippen LogP contribution in [-0.2, 0) is 6.18 Å². The lowest BCUT2D eigenvalue weighted by atomic mass is 9.87. The van der Waals surface area contributed by atoms with E-state index in [-0.39, 0.29) is 11.0 Å². The SMILES string of the molecule is FC(F)(F)c1nc(Cl)cc(NCCC2CCCCC2)n1. The molecule has 7 heteroatoms. The van der Waals surface area contributed by atoms with Crippen LogP contribution in [0.1, 0.15) is 44.3 Å². The molecule has 0 saturated heterocycles. The van der Waals surface area contributed by atoms with E-state index in [1.54, 1.807) is 0 Å². The molecular formula is C13H17ClF3N3. The van der Waals surface area contributed by atoms with E-state index in [0.29, 0.717) is 12.5 Å². The van der Waals surface area contributed by atoms with Crippen molar-refractivity contribution in [1.82, 2.24) is 9.97 Å². The third-order valence-electron chi connectivity index (χ3n) is 3.53. The molecule has 2 rings (SSSR count). The minimum absolute atomic E-state index is 0.133. The molecule has 20 heavy (non-hydrogen) atoms. The van der Waals surface area contributed by atoms with Crippen molar-refractivity contribution >= 4 is 17.4 Å². The van der Waals surface area contributed by atoms with Crippen LogP contribution in [0, 0.1) is 5.92 Å². The Balaban J connectivity index is 1.90. The van der Waals surface area contributed by atoms with Crippen LogP contribution in [0.3, 0.4) is 0 Å². The average Bonchev–Trinajstić information content (AvgIpc) is 2.38. The fraction of sp³-hybridized carbons (Fsp3) is 0.692. The zero-order chi connectivity index (χ0) is 14.6. The second kappa shape index (κ2) is 6.61. The molecular weight excluding hydrogens is 291 g/mol. The molecule has 0 atom stereocenters. The zero-order valence-electron chi connectivity index (χ0n) is 11.0. The average molecular weight is 308 g/mol. The Kier molecular flexibility index (Phi) is 5.07. The number of halogens is 4. The van der Waals surface area contributed by atoms with Crippen LogP contribution in [0.4, 0.5) is 19.0 Å². The molecule has 1 aromatic rings. The van der Waals surface area contributed by atoms with Gasteiger partial charge in [0.1, 0.15) is 11.0 Å². The lowest BCUT2D eigenvalue weighted by Crippen LogP contribution is -2.15. The van der Waals surface area contributed by atoms with Crippen LogP contribution in [0.15, 0.2) is 6.07 Å². The first-order valence-corrected chi connectivity index (χ1v) is 7.18. The molecule has 0 aliphatic heterocycles. The maximum Gasteiger partial charge on any atom is 0.451 e. The van der Waals surface area contributed by atoms with Crippen LogP contribution < -0.4 is 5.32 Å². The molecule has 1 N–H and O–H groups in total. The Labute approximate surface area is 120 Å². The highest BCUT2D eigenvalue weighted by molar-refractivity contribution is 6.29. The van der Waals surface area contributed by atoms with E-state index in [9.17, 15) is 13.2 Å². The molecule has 1 fully saturated rings. The van der Waals surface area contributed by atoms with Gasteiger partial charge in [0, 0.05) is 12.6 Å². The smallest absolute Gasteiger partial charge is 0.370 e. The van der Waals surface area contributed by atoms with Gasteiger partial charge in [0.15, 0.2) is 0 Å². The van der Waals surface area contributed by atoms with Crippen molar-refractivity contribution in [2.24, 2.45) is 5.92 Å². The molecule has 0 aromatic carbocycles. The van der Waals surface area contributed by atoms with E-state index in [2.05, 4.69) is 15.3 Å². The molecule has 0 amide bonds. The summed E-state index contributed by atoms with van der Waals surface area (Å²) in [4.78, 5) is 6.65. The molecule has 1 aromatic heterocycles. The molecule has 1 aliphatic carbocycles. The Morgan fingerprint density at radius 3 is 2.55 bits per heavy atom. The minimum atomic E-state index is -4.58. The molecule has 0 spiro atoms. The molecule has 0 unspecified atom stereocenters. The standard InChI is InChI=1S/C13H17ClF3N3/c14-10-8-11(20-12(19-10)13(15,16)17)18-7-6-9-4-2-1-3-5-9/h8-9H,1-7H2,(H,18,19,20). The van der Waals surface area contributed by atoms with Gasteiger partial charge in [0.05, 0.1) is 0 Å². The first-order chi connectivity index (χ1) is 9.45. The Bertz CT molecular complexity index is 445. The number of hydrogen-bond donors (Lipinski definition) is 1. The monoisotopic (exact) mass is 307 g/mol. The summed E-state index contributed by atoms with van der Waals surface area (Å²) >= 11 is 5.59. The fourth-order valence-corrected chi connectivity index (χ4v) is 2.70. The number of aromatic nitrogens is 2. The van der Waals surface area contributed by atoms with Crippen LogP contribution in [0.25, 0.3) is 0 Å².